The van der Waals surface area contributed by atoms with Gasteiger partial charge in [-0.25, -0.2) is 9.97 Å². The van der Waals surface area contributed by atoms with E-state index in [0.29, 0.717) is 22.9 Å². The van der Waals surface area contributed by atoms with E-state index in [1.165, 1.54) is 6.20 Å². The fourth-order valence-corrected chi connectivity index (χ4v) is 1.76. The number of primary amides is 1. The van der Waals surface area contributed by atoms with E-state index < -0.39 is 11.3 Å². The first-order chi connectivity index (χ1) is 8.90. The number of allylic oxidation sites excluding steroid dienone is 1. The number of nitrogens with two attached hydrogens (primary N) is 2. The highest BCUT2D eigenvalue weighted by Crippen LogP contribution is 2.11. The molecule has 0 aliphatic rings. The van der Waals surface area contributed by atoms with Crippen LogP contribution in [-0.2, 0) is 0 Å². The maximum atomic E-state index is 12.1. The molecule has 0 aliphatic carbocycles. The minimum absolute atomic E-state index is 0.113. The fraction of sp³-hybridized carbons (Fsp3) is 0.167. The average molecular weight is 259 g/mol. The molecular formula is C12H13N5O2. The predicted octanol–water partition coefficient (Wildman–Crippen LogP) is 0.0449. The number of aryl methyl sites for hydroxylation is 1. The second-order valence-electron chi connectivity index (χ2n) is 4.17. The van der Waals surface area contributed by atoms with Crippen LogP contribution in [-0.4, -0.2) is 20.9 Å². The number of nitrogens with zero attached hydrogens (tertiary/aromatic N) is 2. The summed E-state index contributed by atoms with van der Waals surface area (Å²) in [6.07, 6.45) is 2.84. The van der Waals surface area contributed by atoms with Crippen molar-refractivity contribution < 1.29 is 4.79 Å². The van der Waals surface area contributed by atoms with E-state index in [1.54, 1.807) is 19.9 Å². The molecule has 7 nitrogen and oxygen atoms in total. The normalized spacial score (nSPS) is 11.8. The van der Waals surface area contributed by atoms with Gasteiger partial charge in [-0.1, -0.05) is 0 Å². The molecule has 0 aliphatic heterocycles. The number of carbonyl (C=O) groups excluding carboxylic acids is 1. The van der Waals surface area contributed by atoms with Crippen LogP contribution in [0.2, 0.25) is 0 Å². The van der Waals surface area contributed by atoms with E-state index in [9.17, 15) is 9.59 Å². The second kappa shape index (κ2) is 4.52. The SMILES string of the molecule is C/C(N)=C/c1nc(C)c2c(=O)c(C(N)=O)c[nH]c2n1. The van der Waals surface area contributed by atoms with Gasteiger partial charge in [0.1, 0.15) is 11.2 Å². The molecule has 0 spiro atoms. The van der Waals surface area contributed by atoms with E-state index in [4.69, 9.17) is 11.5 Å². The number of hydrogen-bond acceptors (Lipinski definition) is 5. The Morgan fingerprint density at radius 1 is 1.37 bits per heavy atom. The highest BCUT2D eigenvalue weighted by molar-refractivity contribution is 5.95. The number of H-pyrrole nitrogens is 1. The van der Waals surface area contributed by atoms with Gasteiger partial charge in [0.05, 0.1) is 11.1 Å². The van der Waals surface area contributed by atoms with E-state index >= 15 is 0 Å². The molecule has 5 N–H and O–H groups in total. The van der Waals surface area contributed by atoms with Crippen molar-refractivity contribution in [1.82, 2.24) is 15.0 Å². The Balaban J connectivity index is 2.81. The van der Waals surface area contributed by atoms with Gasteiger partial charge in [0, 0.05) is 18.0 Å². The van der Waals surface area contributed by atoms with Crippen molar-refractivity contribution >= 4 is 23.0 Å². The molecule has 1 amide bonds. The van der Waals surface area contributed by atoms with Gasteiger partial charge < -0.3 is 16.5 Å². The number of hydrogen-bond donors (Lipinski definition) is 3. The van der Waals surface area contributed by atoms with Crippen molar-refractivity contribution in [2.45, 2.75) is 13.8 Å². The Morgan fingerprint density at radius 2 is 2.05 bits per heavy atom. The summed E-state index contributed by atoms with van der Waals surface area (Å²) in [5.41, 5.74) is 11.5. The highest BCUT2D eigenvalue weighted by atomic mass is 16.2. The van der Waals surface area contributed by atoms with Gasteiger partial charge in [0.25, 0.3) is 5.91 Å². The van der Waals surface area contributed by atoms with E-state index in [2.05, 4.69) is 15.0 Å². The first-order valence-corrected chi connectivity index (χ1v) is 5.53. The molecule has 7 heteroatoms. The fourth-order valence-electron chi connectivity index (χ4n) is 1.76. The first-order valence-electron chi connectivity index (χ1n) is 5.53. The molecule has 0 fully saturated rings. The van der Waals surface area contributed by atoms with E-state index in [1.807, 2.05) is 0 Å². The van der Waals surface area contributed by atoms with Gasteiger partial charge in [-0.15, -0.1) is 0 Å². The van der Waals surface area contributed by atoms with Gasteiger partial charge in [-0.05, 0) is 13.8 Å². The molecule has 0 bridgehead atoms. The molecule has 2 aromatic heterocycles. The number of rotatable bonds is 2. The van der Waals surface area contributed by atoms with Crippen molar-refractivity contribution in [2.75, 3.05) is 0 Å². The molecule has 0 radical (unpaired) electrons. The van der Waals surface area contributed by atoms with Crippen molar-refractivity contribution in [3.63, 3.8) is 0 Å². The van der Waals surface area contributed by atoms with Gasteiger partial charge >= 0.3 is 0 Å². The lowest BCUT2D eigenvalue weighted by Gasteiger charge is -2.04. The summed E-state index contributed by atoms with van der Waals surface area (Å²) in [6.45, 7) is 3.37. The summed E-state index contributed by atoms with van der Waals surface area (Å²) in [5, 5.41) is 0.253. The summed E-state index contributed by atoms with van der Waals surface area (Å²) in [5.74, 6) is -0.392. The molecule has 0 atom stereocenters. The number of fused-ring (bicyclic) bond motifs is 1. The van der Waals surface area contributed by atoms with Gasteiger partial charge in [-0.3, -0.25) is 9.59 Å². The number of amides is 1. The van der Waals surface area contributed by atoms with Gasteiger partial charge in [-0.2, -0.15) is 0 Å². The molecule has 0 saturated carbocycles. The summed E-state index contributed by atoms with van der Waals surface area (Å²) < 4.78 is 0. The van der Waals surface area contributed by atoms with Crippen molar-refractivity contribution in [2.24, 2.45) is 11.5 Å². The summed E-state index contributed by atoms with van der Waals surface area (Å²) >= 11 is 0. The molecule has 0 saturated heterocycles. The third-order valence-corrected chi connectivity index (χ3v) is 2.55. The van der Waals surface area contributed by atoms with Crippen LogP contribution in [0.15, 0.2) is 16.7 Å². The molecule has 2 aromatic rings. The van der Waals surface area contributed by atoms with Crippen LogP contribution in [0, 0.1) is 6.92 Å². The van der Waals surface area contributed by atoms with Crippen LogP contribution < -0.4 is 16.9 Å². The van der Waals surface area contributed by atoms with Crippen molar-refractivity contribution in [3.8, 4) is 0 Å². The first kappa shape index (κ1) is 12.7. The largest absolute Gasteiger partial charge is 0.402 e. The Morgan fingerprint density at radius 3 is 2.63 bits per heavy atom. The molecule has 0 unspecified atom stereocenters. The van der Waals surface area contributed by atoms with Crippen molar-refractivity contribution in [3.05, 3.63) is 39.2 Å². The predicted molar refractivity (Wildman–Crippen MR) is 71.3 cm³/mol. The quantitative estimate of drug-likeness (QED) is 0.701. The molecule has 98 valence electrons. The lowest BCUT2D eigenvalue weighted by molar-refractivity contribution is 0.0999. The summed E-state index contributed by atoms with van der Waals surface area (Å²) in [4.78, 5) is 34.3. The van der Waals surface area contributed by atoms with Crippen LogP contribution in [0.4, 0.5) is 0 Å². The van der Waals surface area contributed by atoms with Crippen LogP contribution in [0.3, 0.4) is 0 Å². The van der Waals surface area contributed by atoms with Gasteiger partial charge in [0.2, 0.25) is 5.43 Å². The van der Waals surface area contributed by atoms with Crippen LogP contribution in [0.25, 0.3) is 17.1 Å². The minimum Gasteiger partial charge on any atom is -0.402 e. The molecular weight excluding hydrogens is 246 g/mol. The molecule has 19 heavy (non-hydrogen) atoms. The Labute approximate surface area is 108 Å². The second-order valence-corrected chi connectivity index (χ2v) is 4.17. The zero-order chi connectivity index (χ0) is 14.2. The highest BCUT2D eigenvalue weighted by Gasteiger charge is 2.13. The van der Waals surface area contributed by atoms with Crippen LogP contribution >= 0.6 is 0 Å². The number of nitrogens with one attached hydrogen (secondary N) is 1. The molecule has 2 heterocycles. The number of aromatic amines is 1. The zero-order valence-electron chi connectivity index (χ0n) is 10.5. The maximum Gasteiger partial charge on any atom is 0.254 e. The molecule has 0 aromatic carbocycles. The van der Waals surface area contributed by atoms with Crippen LogP contribution in [0.1, 0.15) is 28.8 Å². The third kappa shape index (κ3) is 2.30. The Bertz CT molecular complexity index is 757. The zero-order valence-corrected chi connectivity index (χ0v) is 10.5. The standard InChI is InChI=1S/C12H13N5O2/c1-5(13)3-8-16-6(2)9-10(18)7(11(14)19)4-15-12(9)17-8/h3-4H,13H2,1-2H3,(H2,14,19)(H,15,16,17,18)/b5-3-. The maximum absolute atomic E-state index is 12.1. The number of pyridine rings is 1. The average Bonchev–Trinajstić information content (AvgIpc) is 2.26. The smallest absolute Gasteiger partial charge is 0.254 e. The number of carbonyl (C=O) groups is 1. The Kier molecular flexibility index (Phi) is 3.04. The minimum atomic E-state index is -0.788. The monoisotopic (exact) mass is 259 g/mol. The van der Waals surface area contributed by atoms with E-state index in [-0.39, 0.29) is 10.9 Å². The lowest BCUT2D eigenvalue weighted by atomic mass is 10.1. The van der Waals surface area contributed by atoms with E-state index in [0.717, 1.165) is 0 Å². The summed E-state index contributed by atoms with van der Waals surface area (Å²) in [7, 11) is 0. The van der Waals surface area contributed by atoms with Crippen molar-refractivity contribution in [1.29, 1.82) is 0 Å². The lowest BCUT2D eigenvalue weighted by Crippen LogP contribution is -2.23. The Hall–Kier alpha value is -2.70. The summed E-state index contributed by atoms with van der Waals surface area (Å²) in [6, 6.07) is 0. The topological polar surface area (TPSA) is 128 Å². The van der Waals surface area contributed by atoms with Gasteiger partial charge in [0.15, 0.2) is 5.82 Å². The number of aromatic nitrogens is 3. The third-order valence-electron chi connectivity index (χ3n) is 2.55. The molecule has 2 rings (SSSR count). The van der Waals surface area contributed by atoms with Crippen LogP contribution in [0.5, 0.6) is 0 Å².